The van der Waals surface area contributed by atoms with Crippen LogP contribution >= 0.6 is 11.3 Å². The van der Waals surface area contributed by atoms with Gasteiger partial charge in [-0.1, -0.05) is 19.1 Å². The molecule has 3 rings (SSSR count). The number of aromatic hydroxyl groups is 1. The normalized spacial score (nSPS) is 17.6. The van der Waals surface area contributed by atoms with Crippen molar-refractivity contribution in [2.75, 3.05) is 13.1 Å². The van der Waals surface area contributed by atoms with Crippen LogP contribution in [0.25, 0.3) is 0 Å². The highest BCUT2D eigenvalue weighted by molar-refractivity contribution is 7.07. The van der Waals surface area contributed by atoms with E-state index in [9.17, 15) is 5.11 Å². The second-order valence-electron chi connectivity index (χ2n) is 6.23. The van der Waals surface area contributed by atoms with Crippen molar-refractivity contribution in [2.45, 2.75) is 45.1 Å². The van der Waals surface area contributed by atoms with E-state index in [0.29, 0.717) is 11.8 Å². The van der Waals surface area contributed by atoms with Crippen molar-refractivity contribution in [3.8, 4) is 5.75 Å². The number of hydrogen-bond donors (Lipinski definition) is 1. The molecule has 0 bridgehead atoms. The van der Waals surface area contributed by atoms with Gasteiger partial charge in [0.2, 0.25) is 0 Å². The molecular formula is C19H25NOS. The first-order valence-corrected chi connectivity index (χ1v) is 9.27. The lowest BCUT2D eigenvalue weighted by atomic mass is 9.86. The smallest absolute Gasteiger partial charge is 0.119 e. The average molecular weight is 315 g/mol. The Labute approximate surface area is 137 Å². The van der Waals surface area contributed by atoms with Crippen LogP contribution in [-0.4, -0.2) is 29.1 Å². The maximum absolute atomic E-state index is 10.1. The van der Waals surface area contributed by atoms with Crippen molar-refractivity contribution < 1.29 is 5.11 Å². The first-order chi connectivity index (χ1) is 10.8. The molecule has 2 nitrogen and oxygen atoms in total. The SMILES string of the molecule is CCCN(CCc1ccsc1)C1CCc2cccc(O)c2C1. The van der Waals surface area contributed by atoms with Gasteiger partial charge in [-0.3, -0.25) is 4.90 Å². The summed E-state index contributed by atoms with van der Waals surface area (Å²) in [6.07, 6.45) is 5.61. The fraction of sp³-hybridized carbons (Fsp3) is 0.474. The maximum Gasteiger partial charge on any atom is 0.119 e. The van der Waals surface area contributed by atoms with Gasteiger partial charge in [-0.15, -0.1) is 0 Å². The molecule has 0 amide bonds. The van der Waals surface area contributed by atoms with E-state index >= 15 is 0 Å². The summed E-state index contributed by atoms with van der Waals surface area (Å²) in [5.41, 5.74) is 3.96. The lowest BCUT2D eigenvalue weighted by molar-refractivity contribution is 0.180. The van der Waals surface area contributed by atoms with E-state index in [1.165, 1.54) is 29.5 Å². The van der Waals surface area contributed by atoms with Crippen LogP contribution in [0.3, 0.4) is 0 Å². The van der Waals surface area contributed by atoms with Crippen LogP contribution in [-0.2, 0) is 19.3 Å². The quantitative estimate of drug-likeness (QED) is 0.860. The second kappa shape index (κ2) is 7.30. The van der Waals surface area contributed by atoms with Crippen LogP contribution in [0, 0.1) is 0 Å². The molecular weight excluding hydrogens is 290 g/mol. The van der Waals surface area contributed by atoms with E-state index in [2.05, 4.69) is 34.7 Å². The number of benzene rings is 1. The predicted molar refractivity (Wildman–Crippen MR) is 93.8 cm³/mol. The van der Waals surface area contributed by atoms with Crippen molar-refractivity contribution in [3.05, 3.63) is 51.7 Å². The molecule has 0 fully saturated rings. The zero-order chi connectivity index (χ0) is 15.4. The van der Waals surface area contributed by atoms with Gasteiger partial charge in [0.15, 0.2) is 0 Å². The predicted octanol–water partition coefficient (Wildman–Crippen LogP) is 4.27. The third-order valence-corrected chi connectivity index (χ3v) is 5.46. The minimum atomic E-state index is 0.483. The Morgan fingerprint density at radius 1 is 1.27 bits per heavy atom. The fourth-order valence-corrected chi connectivity index (χ4v) is 4.24. The van der Waals surface area contributed by atoms with E-state index in [4.69, 9.17) is 0 Å². The van der Waals surface area contributed by atoms with E-state index in [1.54, 1.807) is 11.3 Å². The third kappa shape index (κ3) is 3.53. The Bertz CT molecular complexity index is 593. The van der Waals surface area contributed by atoms with Crippen LogP contribution in [0.5, 0.6) is 5.75 Å². The van der Waals surface area contributed by atoms with Gasteiger partial charge in [0.25, 0.3) is 0 Å². The highest BCUT2D eigenvalue weighted by Crippen LogP contribution is 2.31. The Kier molecular flexibility index (Phi) is 5.16. The van der Waals surface area contributed by atoms with Crippen molar-refractivity contribution in [2.24, 2.45) is 0 Å². The Morgan fingerprint density at radius 2 is 2.18 bits per heavy atom. The Hall–Kier alpha value is -1.32. The summed E-state index contributed by atoms with van der Waals surface area (Å²) < 4.78 is 0. The summed E-state index contributed by atoms with van der Waals surface area (Å²) in [4.78, 5) is 2.63. The number of fused-ring (bicyclic) bond motifs is 1. The molecule has 118 valence electrons. The molecule has 22 heavy (non-hydrogen) atoms. The summed E-state index contributed by atoms with van der Waals surface area (Å²) >= 11 is 1.78. The number of nitrogens with zero attached hydrogens (tertiary/aromatic N) is 1. The average Bonchev–Trinajstić information content (AvgIpc) is 3.05. The van der Waals surface area contributed by atoms with Crippen molar-refractivity contribution in [1.29, 1.82) is 0 Å². The van der Waals surface area contributed by atoms with Gasteiger partial charge < -0.3 is 5.11 Å². The van der Waals surface area contributed by atoms with Gasteiger partial charge in [-0.05, 0) is 78.2 Å². The van der Waals surface area contributed by atoms with Gasteiger partial charge in [0, 0.05) is 12.6 Å². The highest BCUT2D eigenvalue weighted by atomic mass is 32.1. The fourth-order valence-electron chi connectivity index (χ4n) is 3.53. The van der Waals surface area contributed by atoms with Crippen LogP contribution in [0.15, 0.2) is 35.0 Å². The number of hydrogen-bond acceptors (Lipinski definition) is 3. The summed E-state index contributed by atoms with van der Waals surface area (Å²) in [5.74, 6) is 0.483. The molecule has 2 aromatic rings. The lowest BCUT2D eigenvalue weighted by Gasteiger charge is -2.35. The zero-order valence-corrected chi connectivity index (χ0v) is 14.1. The zero-order valence-electron chi connectivity index (χ0n) is 13.3. The first-order valence-electron chi connectivity index (χ1n) is 8.32. The summed E-state index contributed by atoms with van der Waals surface area (Å²) in [5, 5.41) is 14.6. The second-order valence-corrected chi connectivity index (χ2v) is 7.01. The molecule has 1 aliphatic carbocycles. The monoisotopic (exact) mass is 315 g/mol. The maximum atomic E-state index is 10.1. The van der Waals surface area contributed by atoms with Crippen LogP contribution < -0.4 is 0 Å². The van der Waals surface area contributed by atoms with E-state index in [1.807, 2.05) is 12.1 Å². The van der Waals surface area contributed by atoms with Crippen molar-refractivity contribution in [1.82, 2.24) is 4.90 Å². The van der Waals surface area contributed by atoms with Gasteiger partial charge in [-0.2, -0.15) is 11.3 Å². The minimum absolute atomic E-state index is 0.483. The van der Waals surface area contributed by atoms with Gasteiger partial charge in [-0.25, -0.2) is 0 Å². The van der Waals surface area contributed by atoms with E-state index < -0.39 is 0 Å². The number of phenols is 1. The topological polar surface area (TPSA) is 23.5 Å². The Balaban J connectivity index is 1.68. The molecule has 1 heterocycles. The molecule has 1 N–H and O–H groups in total. The first kappa shape index (κ1) is 15.6. The van der Waals surface area contributed by atoms with E-state index in [0.717, 1.165) is 32.4 Å². The number of phenolic OH excluding ortho intramolecular Hbond substituents is 1. The van der Waals surface area contributed by atoms with Gasteiger partial charge >= 0.3 is 0 Å². The molecule has 0 saturated carbocycles. The summed E-state index contributed by atoms with van der Waals surface area (Å²) in [7, 11) is 0. The van der Waals surface area contributed by atoms with Crippen molar-refractivity contribution in [3.63, 3.8) is 0 Å². The molecule has 1 atom stereocenters. The molecule has 1 unspecified atom stereocenters. The highest BCUT2D eigenvalue weighted by Gasteiger charge is 2.25. The van der Waals surface area contributed by atoms with Crippen LogP contribution in [0.1, 0.15) is 36.5 Å². The van der Waals surface area contributed by atoms with Crippen LogP contribution in [0.2, 0.25) is 0 Å². The third-order valence-electron chi connectivity index (χ3n) is 4.73. The molecule has 0 aliphatic heterocycles. The van der Waals surface area contributed by atoms with E-state index in [-0.39, 0.29) is 0 Å². The summed E-state index contributed by atoms with van der Waals surface area (Å²) in [6, 6.07) is 8.77. The van der Waals surface area contributed by atoms with Gasteiger partial charge in [0.05, 0.1) is 0 Å². The van der Waals surface area contributed by atoms with Crippen molar-refractivity contribution >= 4 is 11.3 Å². The molecule has 1 aromatic heterocycles. The Morgan fingerprint density at radius 3 is 2.95 bits per heavy atom. The number of thiophene rings is 1. The molecule has 0 saturated heterocycles. The summed E-state index contributed by atoms with van der Waals surface area (Å²) in [6.45, 7) is 4.53. The number of aryl methyl sites for hydroxylation is 1. The molecule has 1 aliphatic rings. The molecule has 0 spiro atoms. The van der Waals surface area contributed by atoms with Crippen LogP contribution in [0.4, 0.5) is 0 Å². The largest absolute Gasteiger partial charge is 0.508 e. The lowest BCUT2D eigenvalue weighted by Crippen LogP contribution is -2.41. The molecule has 1 aromatic carbocycles. The number of rotatable bonds is 6. The minimum Gasteiger partial charge on any atom is -0.508 e. The van der Waals surface area contributed by atoms with Gasteiger partial charge in [0.1, 0.15) is 5.75 Å². The molecule has 3 heteroatoms. The standard InChI is InChI=1S/C19H25NOS/c1-2-10-20(11-8-15-9-12-22-14-15)17-7-6-16-4-3-5-19(21)18(16)13-17/h3-5,9,12,14,17,21H,2,6-8,10-11,13H2,1H3. The molecule has 0 radical (unpaired) electrons.